The van der Waals surface area contributed by atoms with E-state index >= 15 is 0 Å². The van der Waals surface area contributed by atoms with Crippen molar-refractivity contribution in [2.75, 3.05) is 6.61 Å². The number of carbonyl (C=O) groups excluding carboxylic acids is 2. The zero-order valence-corrected chi connectivity index (χ0v) is 23.7. The van der Waals surface area contributed by atoms with Crippen molar-refractivity contribution in [3.63, 3.8) is 0 Å². The zero-order chi connectivity index (χ0) is 26.8. The number of rotatable bonds is 12. The third-order valence-electron chi connectivity index (χ3n) is 6.41. The molecule has 0 aliphatic rings. The van der Waals surface area contributed by atoms with E-state index in [0.29, 0.717) is 18.7 Å². The Balaban J connectivity index is 1.94. The van der Waals surface area contributed by atoms with E-state index in [9.17, 15) is 9.59 Å². The third kappa shape index (κ3) is 8.46. The molecule has 3 rings (SSSR count). The fourth-order valence-electron chi connectivity index (χ4n) is 4.14. The molecular formula is C31H37BrN2O3. The fourth-order valence-corrected chi connectivity index (χ4v) is 4.59. The topological polar surface area (TPSA) is 58.6 Å². The third-order valence-corrected chi connectivity index (χ3v) is 6.90. The highest BCUT2D eigenvalue weighted by Gasteiger charge is 2.31. The van der Waals surface area contributed by atoms with Crippen LogP contribution in [0.1, 0.15) is 56.7 Å². The molecule has 3 aromatic rings. The highest BCUT2D eigenvalue weighted by molar-refractivity contribution is 9.10. The summed E-state index contributed by atoms with van der Waals surface area (Å²) in [6.45, 7) is 8.33. The van der Waals surface area contributed by atoms with Gasteiger partial charge in [-0.05, 0) is 54.2 Å². The summed E-state index contributed by atoms with van der Waals surface area (Å²) in [7, 11) is 0. The van der Waals surface area contributed by atoms with E-state index in [1.54, 1.807) is 4.90 Å². The highest BCUT2D eigenvalue weighted by Crippen LogP contribution is 2.26. The van der Waals surface area contributed by atoms with Gasteiger partial charge in [0.05, 0.1) is 0 Å². The molecule has 1 N–H and O–H groups in total. The molecule has 2 atom stereocenters. The summed E-state index contributed by atoms with van der Waals surface area (Å²) < 4.78 is 6.97. The first-order valence-corrected chi connectivity index (χ1v) is 13.7. The molecule has 0 aromatic heterocycles. The molecule has 37 heavy (non-hydrogen) atoms. The highest BCUT2D eigenvalue weighted by atomic mass is 79.9. The molecule has 5 nitrogen and oxygen atoms in total. The average molecular weight is 566 g/mol. The predicted octanol–water partition coefficient (Wildman–Crippen LogP) is 6.51. The number of amides is 2. The van der Waals surface area contributed by atoms with Gasteiger partial charge in [-0.25, -0.2) is 0 Å². The van der Waals surface area contributed by atoms with Crippen LogP contribution in [0, 0.1) is 0 Å². The van der Waals surface area contributed by atoms with Gasteiger partial charge in [0.2, 0.25) is 5.91 Å². The Morgan fingerprint density at radius 2 is 1.59 bits per heavy atom. The molecule has 3 aromatic carbocycles. The Bertz CT molecular complexity index is 1170. The van der Waals surface area contributed by atoms with Crippen LogP contribution >= 0.6 is 15.9 Å². The molecule has 0 saturated carbocycles. The van der Waals surface area contributed by atoms with Crippen LogP contribution in [0.5, 0.6) is 5.75 Å². The van der Waals surface area contributed by atoms with Gasteiger partial charge in [-0.15, -0.1) is 0 Å². The monoisotopic (exact) mass is 564 g/mol. The molecular weight excluding hydrogens is 528 g/mol. The van der Waals surface area contributed by atoms with Gasteiger partial charge in [-0.3, -0.25) is 9.59 Å². The molecule has 0 aliphatic heterocycles. The second kappa shape index (κ2) is 14.0. The van der Waals surface area contributed by atoms with Gasteiger partial charge in [-0.1, -0.05) is 97.4 Å². The van der Waals surface area contributed by atoms with E-state index in [2.05, 4.69) is 35.1 Å². The minimum Gasteiger partial charge on any atom is -0.483 e. The van der Waals surface area contributed by atoms with Crippen LogP contribution in [0.4, 0.5) is 0 Å². The van der Waals surface area contributed by atoms with Gasteiger partial charge < -0.3 is 15.0 Å². The van der Waals surface area contributed by atoms with Gasteiger partial charge in [0, 0.05) is 23.5 Å². The smallest absolute Gasteiger partial charge is 0.261 e. The van der Waals surface area contributed by atoms with E-state index in [1.807, 2.05) is 92.7 Å². The first kappa shape index (κ1) is 28.5. The van der Waals surface area contributed by atoms with Gasteiger partial charge in [0.15, 0.2) is 6.61 Å². The number of carbonyl (C=O) groups is 2. The Morgan fingerprint density at radius 1 is 0.919 bits per heavy atom. The van der Waals surface area contributed by atoms with Crippen LogP contribution in [-0.2, 0) is 22.6 Å². The predicted molar refractivity (Wildman–Crippen MR) is 153 cm³/mol. The van der Waals surface area contributed by atoms with Crippen LogP contribution in [0.15, 0.2) is 83.3 Å². The molecule has 0 aliphatic carbocycles. The van der Waals surface area contributed by atoms with Crippen LogP contribution in [0.25, 0.3) is 0 Å². The van der Waals surface area contributed by atoms with Crippen LogP contribution in [0.2, 0.25) is 0 Å². The maximum atomic E-state index is 13.8. The summed E-state index contributed by atoms with van der Waals surface area (Å²) in [6.07, 6.45) is 1.21. The van der Waals surface area contributed by atoms with Crippen molar-refractivity contribution in [2.45, 2.75) is 65.1 Å². The molecule has 0 saturated heterocycles. The number of ether oxygens (including phenoxy) is 1. The summed E-state index contributed by atoms with van der Waals surface area (Å²) in [4.78, 5) is 29.0. The minimum absolute atomic E-state index is 0.00256. The average Bonchev–Trinajstić information content (AvgIpc) is 2.89. The van der Waals surface area contributed by atoms with Gasteiger partial charge in [0.1, 0.15) is 11.8 Å². The molecule has 0 radical (unpaired) electrons. The Morgan fingerprint density at radius 3 is 2.27 bits per heavy atom. The molecule has 0 spiro atoms. The summed E-state index contributed by atoms with van der Waals surface area (Å²) in [5.41, 5.74) is 2.97. The number of nitrogens with zero attached hydrogens (tertiary/aromatic N) is 1. The maximum absolute atomic E-state index is 13.8. The Kier molecular flexibility index (Phi) is 10.8. The molecule has 6 heteroatoms. The molecule has 0 fully saturated rings. The lowest BCUT2D eigenvalue weighted by atomic mass is 10.0. The van der Waals surface area contributed by atoms with Gasteiger partial charge >= 0.3 is 0 Å². The quantitative estimate of drug-likeness (QED) is 0.273. The van der Waals surface area contributed by atoms with Crippen molar-refractivity contribution in [3.8, 4) is 5.75 Å². The van der Waals surface area contributed by atoms with E-state index in [0.717, 1.165) is 27.6 Å². The van der Waals surface area contributed by atoms with E-state index < -0.39 is 6.04 Å². The number of para-hydroxylation sites is 1. The number of hydrogen-bond donors (Lipinski definition) is 1. The Hall–Kier alpha value is -3.12. The molecule has 196 valence electrons. The number of nitrogens with one attached hydrogen (secondary N) is 1. The molecule has 0 heterocycles. The minimum atomic E-state index is -0.688. The zero-order valence-electron chi connectivity index (χ0n) is 22.1. The standard InChI is InChI=1S/C31H37BrN2O3/c1-5-23(4)33-31(36)28(19-24-12-7-6-8-13-24)34(20-25-14-11-15-26(32)18-25)30(35)21-37-29-17-10-9-16-27(29)22(2)3/h6-18,22-23,28H,5,19-21H2,1-4H3,(H,33,36)/t23-,28-/m1/s1. The van der Waals surface area contributed by atoms with Crippen LogP contribution in [0.3, 0.4) is 0 Å². The summed E-state index contributed by atoms with van der Waals surface area (Å²) >= 11 is 3.53. The SMILES string of the molecule is CC[C@@H](C)NC(=O)[C@@H](Cc1ccccc1)N(Cc1cccc(Br)c1)C(=O)COc1ccccc1C(C)C. The number of hydrogen-bond acceptors (Lipinski definition) is 3. The van der Waals surface area contributed by atoms with Crippen LogP contribution in [-0.4, -0.2) is 35.4 Å². The van der Waals surface area contributed by atoms with Crippen molar-refractivity contribution in [3.05, 3.63) is 100 Å². The second-order valence-corrected chi connectivity index (χ2v) is 10.6. The van der Waals surface area contributed by atoms with Crippen molar-refractivity contribution in [1.29, 1.82) is 0 Å². The first-order valence-electron chi connectivity index (χ1n) is 12.9. The van der Waals surface area contributed by atoms with Crippen molar-refractivity contribution >= 4 is 27.7 Å². The lowest BCUT2D eigenvalue weighted by molar-refractivity contribution is -0.143. The Labute approximate surface area is 229 Å². The van der Waals surface area contributed by atoms with Gasteiger partial charge in [-0.2, -0.15) is 0 Å². The lowest BCUT2D eigenvalue weighted by Crippen LogP contribution is -2.53. The van der Waals surface area contributed by atoms with Crippen molar-refractivity contribution < 1.29 is 14.3 Å². The van der Waals surface area contributed by atoms with E-state index in [4.69, 9.17) is 4.74 Å². The molecule has 0 unspecified atom stereocenters. The fraction of sp³-hybridized carbons (Fsp3) is 0.355. The largest absolute Gasteiger partial charge is 0.483 e. The second-order valence-electron chi connectivity index (χ2n) is 9.66. The summed E-state index contributed by atoms with van der Waals surface area (Å²) in [5, 5.41) is 3.10. The van der Waals surface area contributed by atoms with Crippen LogP contribution < -0.4 is 10.1 Å². The van der Waals surface area contributed by atoms with Crippen molar-refractivity contribution in [1.82, 2.24) is 10.2 Å². The summed E-state index contributed by atoms with van der Waals surface area (Å²) in [6, 6.07) is 24.7. The van der Waals surface area contributed by atoms with E-state index in [1.165, 1.54) is 0 Å². The van der Waals surface area contributed by atoms with Crippen molar-refractivity contribution in [2.24, 2.45) is 0 Å². The summed E-state index contributed by atoms with van der Waals surface area (Å²) in [5.74, 6) is 0.552. The lowest BCUT2D eigenvalue weighted by Gasteiger charge is -2.32. The normalized spacial score (nSPS) is 12.6. The molecule has 0 bridgehead atoms. The van der Waals surface area contributed by atoms with Gasteiger partial charge in [0.25, 0.3) is 5.91 Å². The maximum Gasteiger partial charge on any atom is 0.261 e. The molecule has 2 amide bonds. The number of halogens is 1. The van der Waals surface area contributed by atoms with E-state index in [-0.39, 0.29) is 30.4 Å². The first-order chi connectivity index (χ1) is 17.8. The number of benzene rings is 3.